The molecule has 3 heteroatoms. The molecule has 0 amide bonds. The Labute approximate surface area is 746 Å². The highest BCUT2D eigenvalue weighted by Crippen LogP contribution is 2.47. The molecule has 27 rings (SSSR count). The highest BCUT2D eigenvalue weighted by Gasteiger charge is 2.23. The zero-order chi connectivity index (χ0) is 85.0. The second-order valence-electron chi connectivity index (χ2n) is 34.0. The second kappa shape index (κ2) is 31.1. The Hall–Kier alpha value is -17.0. The minimum atomic E-state index is 1.17. The lowest BCUT2D eigenvalue weighted by atomic mass is 9.91. The molecule has 3 aromatic heterocycles. The van der Waals surface area contributed by atoms with Crippen molar-refractivity contribution in [3.05, 3.63) is 491 Å². The van der Waals surface area contributed by atoms with Crippen LogP contribution in [-0.4, -0.2) is 13.7 Å². The van der Waals surface area contributed by atoms with Gasteiger partial charge in [-0.15, -0.1) is 0 Å². The van der Waals surface area contributed by atoms with E-state index in [9.17, 15) is 0 Å². The quantitative estimate of drug-likeness (QED) is 0.128. The van der Waals surface area contributed by atoms with E-state index in [1.54, 1.807) is 0 Å². The summed E-state index contributed by atoms with van der Waals surface area (Å²) in [5, 5.41) is 31.1. The van der Waals surface area contributed by atoms with Gasteiger partial charge < -0.3 is 13.7 Å². The molecule has 0 spiro atoms. The molecule has 0 N–H and O–H groups in total. The van der Waals surface area contributed by atoms with Gasteiger partial charge in [0.25, 0.3) is 0 Å². The molecule has 0 atom stereocenters. The van der Waals surface area contributed by atoms with Crippen LogP contribution in [0.1, 0.15) is 0 Å². The molecule has 0 saturated carbocycles. The Morgan fingerprint density at radius 1 is 0.101 bits per heavy atom. The molecule has 0 radical (unpaired) electrons. The minimum Gasteiger partial charge on any atom is -0.309 e. The first kappa shape index (κ1) is 74.6. The van der Waals surface area contributed by atoms with E-state index in [4.69, 9.17) is 0 Å². The molecule has 0 bridgehead atoms. The lowest BCUT2D eigenvalue weighted by Gasteiger charge is -2.13. The van der Waals surface area contributed by atoms with Crippen molar-refractivity contribution in [2.75, 3.05) is 0 Å². The number of hydrogen-bond acceptors (Lipinski definition) is 0. The van der Waals surface area contributed by atoms with E-state index in [1.807, 2.05) is 0 Å². The molecule has 24 aromatic carbocycles. The van der Waals surface area contributed by atoms with Gasteiger partial charge in [0, 0.05) is 49.4 Å². The van der Waals surface area contributed by atoms with Crippen molar-refractivity contribution in [1.29, 1.82) is 0 Å². The smallest absolute Gasteiger partial charge is 0.0547 e. The summed E-state index contributed by atoms with van der Waals surface area (Å²) in [7, 11) is 0. The van der Waals surface area contributed by atoms with Crippen molar-refractivity contribution in [3.63, 3.8) is 0 Å². The van der Waals surface area contributed by atoms with Crippen LogP contribution >= 0.6 is 0 Å². The van der Waals surface area contributed by atoms with E-state index < -0.39 is 0 Å². The molecule has 129 heavy (non-hydrogen) atoms. The maximum Gasteiger partial charge on any atom is 0.0547 e. The molecule has 0 aliphatic heterocycles. The average Bonchev–Trinajstić information content (AvgIpc) is 1.52. The van der Waals surface area contributed by atoms with Gasteiger partial charge in [-0.2, -0.15) is 0 Å². The Morgan fingerprint density at radius 3 is 0.713 bits per heavy atom. The highest BCUT2D eigenvalue weighted by atomic mass is 15.0. The Bertz CT molecular complexity index is 9060. The van der Waals surface area contributed by atoms with Crippen LogP contribution in [0.15, 0.2) is 491 Å². The molecule has 0 fully saturated rings. The molecule has 600 valence electrons. The Kier molecular flexibility index (Phi) is 18.0. The van der Waals surface area contributed by atoms with Crippen LogP contribution in [0.25, 0.3) is 246 Å². The van der Waals surface area contributed by atoms with Gasteiger partial charge in [-0.25, -0.2) is 0 Å². The fraction of sp³-hybridized carbons (Fsp3) is 0. The van der Waals surface area contributed by atoms with Crippen molar-refractivity contribution in [3.8, 4) is 83.8 Å². The average molecular weight is 1640 g/mol. The van der Waals surface area contributed by atoms with E-state index in [0.29, 0.717) is 0 Å². The summed E-state index contributed by atoms with van der Waals surface area (Å²) in [6, 6.07) is 179. The van der Waals surface area contributed by atoms with E-state index in [2.05, 4.69) is 505 Å². The normalized spacial score (nSPS) is 11.7. The first-order valence-electron chi connectivity index (χ1n) is 44.6. The fourth-order valence-electron chi connectivity index (χ4n) is 21.1. The summed E-state index contributed by atoms with van der Waals surface area (Å²) in [6.45, 7) is 0. The van der Waals surface area contributed by atoms with Crippen LogP contribution in [0.3, 0.4) is 0 Å². The lowest BCUT2D eigenvalue weighted by Crippen LogP contribution is -1.94. The summed E-state index contributed by atoms with van der Waals surface area (Å²) in [5.41, 5.74) is 25.6. The van der Waals surface area contributed by atoms with E-state index in [1.165, 1.54) is 246 Å². The molecular formula is C126H81N3. The summed E-state index contributed by atoms with van der Waals surface area (Å²) >= 11 is 0. The van der Waals surface area contributed by atoms with Gasteiger partial charge in [-0.3, -0.25) is 0 Å². The molecule has 0 saturated heterocycles. The standard InChI is InChI=1S/3C42H27N/c1-2-12-28(13-3-1)29-14-10-15-31(26-29)43-40-22-9-8-20-38(40)42-32(21-11-23-41(42)43)30-24-25-37-35-18-5-4-16-33(35)34-17-6-7-19-36(34)39(37)27-30;1-2-11-28(12-3-1)29-13-10-14-32(25-29)43-41-20-9-8-19-38(41)40-27-31(22-24-42(40)43)30-21-23-37-35-17-5-4-15-33(35)34-16-6-7-18-36(34)39(37)26-30;1-2-11-28(12-3-1)29-21-24-31(25-22-29)43-40-19-9-8-17-38(40)42-32(18-10-20-41(42)43)30-23-26-37-35-15-5-4-13-33(35)34-14-6-7-16-36(34)39(37)27-30/h3*1-27H. The number of aromatic nitrogens is 3. The number of nitrogens with zero attached hydrogens (tertiary/aromatic N) is 3. The predicted molar refractivity (Wildman–Crippen MR) is 553 cm³/mol. The molecule has 0 aliphatic carbocycles. The zero-order valence-electron chi connectivity index (χ0n) is 70.6. The van der Waals surface area contributed by atoms with Gasteiger partial charge in [-0.1, -0.05) is 394 Å². The molecule has 0 aliphatic rings. The monoisotopic (exact) mass is 1640 g/mol. The first-order chi connectivity index (χ1) is 64.0. The summed E-state index contributed by atoms with van der Waals surface area (Å²) in [4.78, 5) is 0. The van der Waals surface area contributed by atoms with Crippen LogP contribution in [0, 0.1) is 0 Å². The third-order valence-corrected chi connectivity index (χ3v) is 26.9. The summed E-state index contributed by atoms with van der Waals surface area (Å²) < 4.78 is 7.23. The second-order valence-corrected chi connectivity index (χ2v) is 34.0. The number of fused-ring (bicyclic) bond motifs is 27. The van der Waals surface area contributed by atoms with Crippen LogP contribution < -0.4 is 0 Å². The van der Waals surface area contributed by atoms with Gasteiger partial charge in [0.15, 0.2) is 0 Å². The number of benzene rings is 24. The van der Waals surface area contributed by atoms with Crippen LogP contribution in [0.5, 0.6) is 0 Å². The third kappa shape index (κ3) is 12.6. The Morgan fingerprint density at radius 2 is 0.326 bits per heavy atom. The highest BCUT2D eigenvalue weighted by molar-refractivity contribution is 6.30. The van der Waals surface area contributed by atoms with Crippen molar-refractivity contribution in [1.82, 2.24) is 13.7 Å². The zero-order valence-corrected chi connectivity index (χ0v) is 70.6. The van der Waals surface area contributed by atoms with E-state index >= 15 is 0 Å². The molecule has 0 unspecified atom stereocenters. The number of para-hydroxylation sites is 3. The summed E-state index contributed by atoms with van der Waals surface area (Å²) in [5.74, 6) is 0. The number of rotatable bonds is 9. The van der Waals surface area contributed by atoms with Crippen LogP contribution in [-0.2, 0) is 0 Å². The molecule has 3 heterocycles. The van der Waals surface area contributed by atoms with Crippen LogP contribution in [0.2, 0.25) is 0 Å². The molecule has 27 aromatic rings. The van der Waals surface area contributed by atoms with Gasteiger partial charge in [-0.05, 0) is 261 Å². The number of hydrogen-bond donors (Lipinski definition) is 0. The van der Waals surface area contributed by atoms with Crippen molar-refractivity contribution < 1.29 is 0 Å². The van der Waals surface area contributed by atoms with Gasteiger partial charge in [0.2, 0.25) is 0 Å². The van der Waals surface area contributed by atoms with Gasteiger partial charge in [0.05, 0.1) is 33.1 Å². The third-order valence-electron chi connectivity index (χ3n) is 26.9. The van der Waals surface area contributed by atoms with Crippen molar-refractivity contribution in [2.24, 2.45) is 0 Å². The van der Waals surface area contributed by atoms with E-state index in [0.717, 1.165) is 0 Å². The van der Waals surface area contributed by atoms with Crippen molar-refractivity contribution in [2.45, 2.75) is 0 Å². The SMILES string of the molecule is c1ccc(-c2ccc(-n3c4ccccc4c4c(-c5ccc6c7ccccc7c7ccccc7c6c5)cccc43)cc2)cc1.c1ccc(-c2cccc(-n3c4ccccc4c4c(-c5ccc6c7ccccc7c7ccccc7c6c5)cccc43)c2)cc1.c1ccc(-c2cccc(-n3c4ccccc4c4cc(-c5ccc6c7ccccc7c7ccccc7c6c5)ccc43)c2)cc1. The van der Waals surface area contributed by atoms with Gasteiger partial charge in [0.1, 0.15) is 0 Å². The fourth-order valence-corrected chi connectivity index (χ4v) is 21.1. The minimum absolute atomic E-state index is 1.17. The summed E-state index contributed by atoms with van der Waals surface area (Å²) in [6.07, 6.45) is 0. The van der Waals surface area contributed by atoms with Crippen molar-refractivity contribution >= 4 is 162 Å². The molecule has 3 nitrogen and oxygen atoms in total. The maximum atomic E-state index is 2.42. The first-order valence-corrected chi connectivity index (χ1v) is 44.6. The lowest BCUT2D eigenvalue weighted by molar-refractivity contribution is 1.18. The molecular weight excluding hydrogens is 1560 g/mol. The predicted octanol–water partition coefficient (Wildman–Crippen LogP) is 34.7. The van der Waals surface area contributed by atoms with Gasteiger partial charge >= 0.3 is 0 Å². The topological polar surface area (TPSA) is 14.8 Å². The van der Waals surface area contributed by atoms with E-state index in [-0.39, 0.29) is 0 Å². The Balaban J connectivity index is 0.000000105. The largest absolute Gasteiger partial charge is 0.309 e. The maximum absolute atomic E-state index is 2.42. The van der Waals surface area contributed by atoms with Crippen LogP contribution in [0.4, 0.5) is 0 Å².